The number of thiol groups is 1. The number of rotatable bonds is 2. The lowest BCUT2D eigenvalue weighted by Gasteiger charge is -2.32. The van der Waals surface area contributed by atoms with E-state index in [0.717, 1.165) is 10.9 Å². The molecule has 1 fully saturated rings. The SMILES string of the molecule is CCC1CN(C(=O)c2ccc(Br)cc2S)CCO1. The summed E-state index contributed by atoms with van der Waals surface area (Å²) in [5.74, 6) is 0.0363. The number of morpholine rings is 1. The second-order valence-corrected chi connectivity index (χ2v) is 5.71. The van der Waals surface area contributed by atoms with Crippen LogP contribution in [0.15, 0.2) is 27.6 Å². The van der Waals surface area contributed by atoms with Gasteiger partial charge in [0, 0.05) is 22.5 Å². The Labute approximate surface area is 121 Å². The van der Waals surface area contributed by atoms with Gasteiger partial charge in [-0.1, -0.05) is 22.9 Å². The fourth-order valence-corrected chi connectivity index (χ4v) is 2.85. The molecule has 1 aromatic rings. The monoisotopic (exact) mass is 329 g/mol. The Hall–Kier alpha value is -0.520. The van der Waals surface area contributed by atoms with E-state index in [9.17, 15) is 4.79 Å². The maximum atomic E-state index is 12.4. The molecule has 0 N–H and O–H groups in total. The summed E-state index contributed by atoms with van der Waals surface area (Å²) < 4.78 is 6.50. The molecule has 5 heteroatoms. The maximum absolute atomic E-state index is 12.4. The molecule has 0 aliphatic carbocycles. The zero-order chi connectivity index (χ0) is 13.1. The van der Waals surface area contributed by atoms with Crippen LogP contribution in [0.25, 0.3) is 0 Å². The van der Waals surface area contributed by atoms with Crippen molar-refractivity contribution in [3.8, 4) is 0 Å². The molecular weight excluding hydrogens is 314 g/mol. The minimum absolute atomic E-state index is 0.0363. The molecule has 1 saturated heterocycles. The molecule has 1 aromatic carbocycles. The van der Waals surface area contributed by atoms with Gasteiger partial charge >= 0.3 is 0 Å². The lowest BCUT2D eigenvalue weighted by Crippen LogP contribution is -2.45. The zero-order valence-electron chi connectivity index (χ0n) is 10.2. The molecule has 1 atom stereocenters. The van der Waals surface area contributed by atoms with Gasteiger partial charge in [-0.05, 0) is 24.6 Å². The van der Waals surface area contributed by atoms with Crippen molar-refractivity contribution in [1.82, 2.24) is 4.90 Å². The van der Waals surface area contributed by atoms with Crippen LogP contribution in [0.5, 0.6) is 0 Å². The number of carbonyl (C=O) groups excluding carboxylic acids is 1. The van der Waals surface area contributed by atoms with Crippen molar-refractivity contribution in [1.29, 1.82) is 0 Å². The van der Waals surface area contributed by atoms with Crippen molar-refractivity contribution in [2.45, 2.75) is 24.3 Å². The molecule has 2 rings (SSSR count). The van der Waals surface area contributed by atoms with Gasteiger partial charge < -0.3 is 9.64 Å². The van der Waals surface area contributed by atoms with Crippen molar-refractivity contribution < 1.29 is 9.53 Å². The van der Waals surface area contributed by atoms with Crippen molar-refractivity contribution in [2.75, 3.05) is 19.7 Å². The highest BCUT2D eigenvalue weighted by Crippen LogP contribution is 2.22. The van der Waals surface area contributed by atoms with E-state index in [1.165, 1.54) is 0 Å². The van der Waals surface area contributed by atoms with Crippen LogP contribution in [0.4, 0.5) is 0 Å². The minimum Gasteiger partial charge on any atom is -0.375 e. The van der Waals surface area contributed by atoms with Gasteiger partial charge in [-0.15, -0.1) is 12.6 Å². The first-order valence-corrected chi connectivity index (χ1v) is 7.25. The summed E-state index contributed by atoms with van der Waals surface area (Å²) in [5, 5.41) is 0. The Bertz CT molecular complexity index is 453. The summed E-state index contributed by atoms with van der Waals surface area (Å²) in [6, 6.07) is 5.52. The van der Waals surface area contributed by atoms with Gasteiger partial charge in [0.2, 0.25) is 0 Å². The number of benzene rings is 1. The van der Waals surface area contributed by atoms with Crippen LogP contribution in [-0.2, 0) is 4.74 Å². The third-order valence-electron chi connectivity index (χ3n) is 3.07. The van der Waals surface area contributed by atoms with Crippen molar-refractivity contribution in [3.63, 3.8) is 0 Å². The van der Waals surface area contributed by atoms with Crippen LogP contribution in [0.3, 0.4) is 0 Å². The van der Waals surface area contributed by atoms with E-state index in [1.807, 2.05) is 23.1 Å². The summed E-state index contributed by atoms with van der Waals surface area (Å²) in [7, 11) is 0. The van der Waals surface area contributed by atoms with E-state index in [2.05, 4.69) is 35.5 Å². The quantitative estimate of drug-likeness (QED) is 0.845. The van der Waals surface area contributed by atoms with E-state index in [-0.39, 0.29) is 12.0 Å². The van der Waals surface area contributed by atoms with E-state index in [1.54, 1.807) is 0 Å². The van der Waals surface area contributed by atoms with Crippen molar-refractivity contribution >= 4 is 34.5 Å². The molecule has 0 spiro atoms. The molecule has 18 heavy (non-hydrogen) atoms. The molecule has 1 unspecified atom stereocenters. The number of halogens is 1. The third-order valence-corrected chi connectivity index (χ3v) is 3.93. The van der Waals surface area contributed by atoms with Gasteiger partial charge in [0.1, 0.15) is 0 Å². The number of amides is 1. The standard InChI is InChI=1S/C13H16BrNO2S/c1-2-10-8-15(5-6-17-10)13(16)11-4-3-9(14)7-12(11)18/h3-4,7,10,18H,2,5-6,8H2,1H3. The second-order valence-electron chi connectivity index (χ2n) is 4.31. The molecule has 1 heterocycles. The Balaban J connectivity index is 2.15. The Kier molecular flexibility index (Phi) is 4.70. The summed E-state index contributed by atoms with van der Waals surface area (Å²) in [4.78, 5) is 15.0. The normalized spacial score (nSPS) is 19.9. The van der Waals surface area contributed by atoms with Crippen LogP contribution in [0, 0.1) is 0 Å². The second kappa shape index (κ2) is 6.08. The van der Waals surface area contributed by atoms with E-state index in [4.69, 9.17) is 4.74 Å². The Morgan fingerprint density at radius 2 is 2.39 bits per heavy atom. The topological polar surface area (TPSA) is 29.5 Å². The Morgan fingerprint density at radius 1 is 1.61 bits per heavy atom. The van der Waals surface area contributed by atoms with Crippen LogP contribution < -0.4 is 0 Å². The largest absolute Gasteiger partial charge is 0.375 e. The van der Waals surface area contributed by atoms with Crippen LogP contribution in [0.2, 0.25) is 0 Å². The molecule has 0 aromatic heterocycles. The molecule has 1 aliphatic heterocycles. The first-order valence-electron chi connectivity index (χ1n) is 6.01. The molecular formula is C13H16BrNO2S. The maximum Gasteiger partial charge on any atom is 0.255 e. The van der Waals surface area contributed by atoms with Gasteiger partial charge in [-0.25, -0.2) is 0 Å². The summed E-state index contributed by atoms with van der Waals surface area (Å²) in [6.07, 6.45) is 1.08. The number of hydrogen-bond acceptors (Lipinski definition) is 3. The molecule has 3 nitrogen and oxygen atoms in total. The van der Waals surface area contributed by atoms with E-state index in [0.29, 0.717) is 30.2 Å². The highest BCUT2D eigenvalue weighted by atomic mass is 79.9. The highest BCUT2D eigenvalue weighted by Gasteiger charge is 2.24. The summed E-state index contributed by atoms with van der Waals surface area (Å²) >= 11 is 7.73. The smallest absolute Gasteiger partial charge is 0.255 e. The molecule has 98 valence electrons. The average molecular weight is 330 g/mol. The fourth-order valence-electron chi connectivity index (χ4n) is 2.01. The van der Waals surface area contributed by atoms with Crippen molar-refractivity contribution in [2.24, 2.45) is 0 Å². The van der Waals surface area contributed by atoms with E-state index >= 15 is 0 Å². The number of ether oxygens (including phenoxy) is 1. The zero-order valence-corrected chi connectivity index (χ0v) is 12.7. The van der Waals surface area contributed by atoms with Crippen LogP contribution in [0.1, 0.15) is 23.7 Å². The molecule has 0 saturated carbocycles. The van der Waals surface area contributed by atoms with Gasteiger partial charge in [0.05, 0.1) is 18.3 Å². The summed E-state index contributed by atoms with van der Waals surface area (Å²) in [6.45, 7) is 4.00. The lowest BCUT2D eigenvalue weighted by molar-refractivity contribution is -0.0227. The minimum atomic E-state index is 0.0363. The van der Waals surface area contributed by atoms with E-state index < -0.39 is 0 Å². The first kappa shape index (κ1) is 13.9. The molecule has 1 amide bonds. The predicted octanol–water partition coefficient (Wildman–Crippen LogP) is 2.99. The fraction of sp³-hybridized carbons (Fsp3) is 0.462. The molecule has 1 aliphatic rings. The lowest BCUT2D eigenvalue weighted by atomic mass is 10.1. The Morgan fingerprint density at radius 3 is 3.06 bits per heavy atom. The number of carbonyl (C=O) groups is 1. The number of nitrogens with zero attached hydrogens (tertiary/aromatic N) is 1. The van der Waals surface area contributed by atoms with Crippen LogP contribution in [-0.4, -0.2) is 36.6 Å². The number of hydrogen-bond donors (Lipinski definition) is 1. The first-order chi connectivity index (χ1) is 8.61. The highest BCUT2D eigenvalue weighted by molar-refractivity contribution is 9.10. The van der Waals surface area contributed by atoms with Crippen molar-refractivity contribution in [3.05, 3.63) is 28.2 Å². The molecule has 0 radical (unpaired) electrons. The van der Waals surface area contributed by atoms with Gasteiger partial charge in [-0.2, -0.15) is 0 Å². The third kappa shape index (κ3) is 3.08. The average Bonchev–Trinajstić information content (AvgIpc) is 2.38. The predicted molar refractivity (Wildman–Crippen MR) is 77.3 cm³/mol. The van der Waals surface area contributed by atoms with Gasteiger partial charge in [-0.3, -0.25) is 4.79 Å². The summed E-state index contributed by atoms with van der Waals surface area (Å²) in [5.41, 5.74) is 0.651. The van der Waals surface area contributed by atoms with Gasteiger partial charge in [0.15, 0.2) is 0 Å². The molecule has 0 bridgehead atoms. The van der Waals surface area contributed by atoms with Gasteiger partial charge in [0.25, 0.3) is 5.91 Å². The van der Waals surface area contributed by atoms with Crippen LogP contribution >= 0.6 is 28.6 Å².